The maximum Gasteiger partial charge on any atom is 0.283 e. The first kappa shape index (κ1) is 26.4. The van der Waals surface area contributed by atoms with Gasteiger partial charge in [-0.3, -0.25) is 14.4 Å². The van der Waals surface area contributed by atoms with Crippen LogP contribution in [0, 0.1) is 0 Å². The summed E-state index contributed by atoms with van der Waals surface area (Å²) >= 11 is 0. The molecule has 0 heterocycles. The molecule has 0 radical (unpaired) electrons. The minimum atomic E-state index is -1.43. The molecule has 17 nitrogen and oxygen atoms in total. The van der Waals surface area contributed by atoms with Gasteiger partial charge in [0, 0.05) is 6.07 Å². The van der Waals surface area contributed by atoms with E-state index in [1.165, 1.54) is 0 Å². The van der Waals surface area contributed by atoms with Crippen molar-refractivity contribution in [3.63, 3.8) is 0 Å². The zero-order chi connectivity index (χ0) is 24.4. The van der Waals surface area contributed by atoms with Crippen molar-refractivity contribution in [1.29, 1.82) is 0 Å². The highest BCUT2D eigenvalue weighted by Gasteiger charge is 2.21. The predicted octanol–water partition coefficient (Wildman–Crippen LogP) is -2.11. The maximum atomic E-state index is 11.6. The van der Waals surface area contributed by atoms with Crippen LogP contribution in [0.3, 0.4) is 0 Å². The lowest BCUT2D eigenvalue weighted by Gasteiger charge is -2.08. The first-order valence-corrected chi connectivity index (χ1v) is 8.62. The highest BCUT2D eigenvalue weighted by atomic mass is 16.3. The highest BCUT2D eigenvalue weighted by molar-refractivity contribution is 5.86. The summed E-state index contributed by atoms with van der Waals surface area (Å²) in [6.45, 7) is -2.23. The second-order valence-electron chi connectivity index (χ2n) is 5.94. The van der Waals surface area contributed by atoms with Gasteiger partial charge in [-0.2, -0.15) is 0 Å². The first-order valence-electron chi connectivity index (χ1n) is 8.62. The smallest absolute Gasteiger partial charge is 0.283 e. The molecule has 0 spiro atoms. The number of rotatable bonds is 9. The molecule has 0 saturated heterocycles. The van der Waals surface area contributed by atoms with E-state index in [9.17, 15) is 24.6 Å². The fourth-order valence-electron chi connectivity index (χ4n) is 1.63. The summed E-state index contributed by atoms with van der Waals surface area (Å²) in [5.41, 5.74) is 13.9. The topological polar surface area (TPSA) is 305 Å². The van der Waals surface area contributed by atoms with Crippen LogP contribution >= 0.6 is 0 Å². The Labute approximate surface area is 179 Å². The normalized spacial score (nSPS) is 14.8. The molecule has 3 unspecified atom stereocenters. The third-order valence-electron chi connectivity index (χ3n) is 3.51. The van der Waals surface area contributed by atoms with Crippen LogP contribution in [-0.4, -0.2) is 81.2 Å². The molecule has 0 bridgehead atoms. The van der Waals surface area contributed by atoms with Crippen molar-refractivity contribution in [1.82, 2.24) is 0 Å². The molecule has 0 aliphatic carbocycles. The zero-order valence-electron chi connectivity index (χ0n) is 16.3. The number of benzene rings is 1. The third kappa shape index (κ3) is 6.97. The third-order valence-corrected chi connectivity index (χ3v) is 3.51. The number of nitrogens with zero attached hydrogens (tertiary/aromatic N) is 6. The minimum absolute atomic E-state index is 0.554. The van der Waals surface area contributed by atoms with Crippen molar-refractivity contribution in [3.05, 3.63) is 6.07 Å². The molecule has 17 heteroatoms. The van der Waals surface area contributed by atoms with Crippen molar-refractivity contribution in [3.8, 4) is 11.5 Å². The van der Waals surface area contributed by atoms with Crippen LogP contribution < -0.4 is 17.2 Å². The molecule has 0 fully saturated rings. The number of amides is 3. The molecule has 1 rings (SSSR count). The lowest BCUT2D eigenvalue weighted by molar-refractivity contribution is -0.121. The van der Waals surface area contributed by atoms with Crippen LogP contribution in [0.1, 0.15) is 0 Å². The van der Waals surface area contributed by atoms with E-state index in [-0.39, 0.29) is 0 Å². The van der Waals surface area contributed by atoms with E-state index >= 15 is 0 Å². The summed E-state index contributed by atoms with van der Waals surface area (Å²) in [5.74, 6) is -5.11. The van der Waals surface area contributed by atoms with Gasteiger partial charge in [-0.1, -0.05) is 0 Å². The van der Waals surface area contributed by atoms with E-state index in [1.807, 2.05) is 0 Å². The number of hydrogen-bond donors (Lipinski definition) is 8. The van der Waals surface area contributed by atoms with Gasteiger partial charge in [-0.15, -0.1) is 30.7 Å². The van der Waals surface area contributed by atoms with Crippen LogP contribution in [0.15, 0.2) is 36.8 Å². The van der Waals surface area contributed by atoms with Crippen molar-refractivity contribution >= 4 is 34.8 Å². The fourth-order valence-corrected chi connectivity index (χ4v) is 1.63. The Kier molecular flexibility index (Phi) is 10.2. The average molecular weight is 455 g/mol. The molecule has 11 N–H and O–H groups in total. The molecule has 0 aliphatic rings. The van der Waals surface area contributed by atoms with Crippen molar-refractivity contribution in [2.75, 3.05) is 19.8 Å². The number of phenols is 2. The summed E-state index contributed by atoms with van der Waals surface area (Å²) in [7, 11) is 0. The quantitative estimate of drug-likeness (QED) is 0.186. The Morgan fingerprint density at radius 3 is 1.31 bits per heavy atom. The van der Waals surface area contributed by atoms with Gasteiger partial charge in [0.15, 0.2) is 17.2 Å². The zero-order valence-corrected chi connectivity index (χ0v) is 16.3. The summed E-state index contributed by atoms with van der Waals surface area (Å²) in [6, 6.07) is -3.40. The lowest BCUT2D eigenvalue weighted by Crippen LogP contribution is -2.32. The molecular weight excluding hydrogens is 434 g/mol. The molecule has 1 aromatic carbocycles. The van der Waals surface area contributed by atoms with Crippen LogP contribution in [0.5, 0.6) is 11.5 Å². The Hall–Kier alpha value is -3.61. The highest BCUT2D eigenvalue weighted by Crippen LogP contribution is 2.49. The molecule has 174 valence electrons. The van der Waals surface area contributed by atoms with Gasteiger partial charge in [-0.05, 0) is 0 Å². The number of azo groups is 3. The van der Waals surface area contributed by atoms with Crippen molar-refractivity contribution in [2.24, 2.45) is 47.9 Å². The first-order chi connectivity index (χ1) is 15.1. The molecule has 0 aliphatic heterocycles. The Morgan fingerprint density at radius 2 is 1.00 bits per heavy atom. The van der Waals surface area contributed by atoms with Crippen LogP contribution in [0.2, 0.25) is 0 Å². The molecule has 1 aromatic rings. The van der Waals surface area contributed by atoms with Crippen LogP contribution in [0.4, 0.5) is 17.1 Å². The molecule has 0 saturated carbocycles. The van der Waals surface area contributed by atoms with E-state index < -0.39 is 84.2 Å². The number of nitrogens with two attached hydrogens (primary N) is 3. The lowest BCUT2D eigenvalue weighted by atomic mass is 10.2. The molecular formula is C15H21N9O8. The average Bonchev–Trinajstić information content (AvgIpc) is 2.80. The van der Waals surface area contributed by atoms with Gasteiger partial charge in [0.1, 0.15) is 29.5 Å². The standard InChI is InChI=1S/C15H21N9O8/c16-5(2-25)13(30)22-19-8-1-9(20-23-14(31)6(17)3-26)12(29)10(11(8)28)21-24-15(32)7(18)4-27/h1,5-7,25-29H,2-4,16-18H2/b22-19+,23-20+,24-21+. The monoisotopic (exact) mass is 455 g/mol. The maximum absolute atomic E-state index is 11.6. The van der Waals surface area contributed by atoms with Gasteiger partial charge in [0.25, 0.3) is 17.7 Å². The number of hydrogen-bond acceptors (Lipinski definition) is 14. The Bertz CT molecular complexity index is 893. The van der Waals surface area contributed by atoms with Gasteiger partial charge >= 0.3 is 0 Å². The Balaban J connectivity index is 3.52. The van der Waals surface area contributed by atoms with Gasteiger partial charge in [0.2, 0.25) is 0 Å². The van der Waals surface area contributed by atoms with Crippen LogP contribution in [0.25, 0.3) is 0 Å². The number of phenolic OH excluding ortho intramolecular Hbond substituents is 2. The largest absolute Gasteiger partial charge is 0.504 e. The van der Waals surface area contributed by atoms with E-state index in [0.717, 1.165) is 6.07 Å². The van der Waals surface area contributed by atoms with Gasteiger partial charge < -0.3 is 42.7 Å². The second-order valence-corrected chi connectivity index (χ2v) is 5.94. The number of aromatic hydroxyl groups is 2. The summed E-state index contributed by atoms with van der Waals surface area (Å²) in [6.07, 6.45) is 0. The van der Waals surface area contributed by atoms with Gasteiger partial charge in [-0.25, -0.2) is 0 Å². The SMILES string of the molecule is NC(CO)C(=O)/N=N/c1cc(/N=N/C(=O)C(N)CO)c(O)c(/N=N/C(=O)C(N)CO)c1O. The van der Waals surface area contributed by atoms with Crippen molar-refractivity contribution in [2.45, 2.75) is 18.1 Å². The number of aliphatic hydroxyl groups is 3. The molecule has 3 atom stereocenters. The van der Waals surface area contributed by atoms with Crippen molar-refractivity contribution < 1.29 is 39.9 Å². The summed E-state index contributed by atoms with van der Waals surface area (Å²) < 4.78 is 0. The Morgan fingerprint density at radius 1 is 0.688 bits per heavy atom. The number of carbonyl (C=O) groups is 3. The van der Waals surface area contributed by atoms with E-state index in [2.05, 4.69) is 30.7 Å². The molecule has 3 amide bonds. The number of carbonyl (C=O) groups excluding carboxylic acids is 3. The molecule has 32 heavy (non-hydrogen) atoms. The van der Waals surface area contributed by atoms with E-state index in [1.54, 1.807) is 0 Å². The minimum Gasteiger partial charge on any atom is -0.504 e. The summed E-state index contributed by atoms with van der Waals surface area (Å²) in [5, 5.41) is 66.8. The van der Waals surface area contributed by atoms with Crippen LogP contribution in [-0.2, 0) is 14.4 Å². The summed E-state index contributed by atoms with van der Waals surface area (Å²) in [4.78, 5) is 34.9. The fraction of sp³-hybridized carbons (Fsp3) is 0.400. The molecule has 0 aromatic heterocycles. The van der Waals surface area contributed by atoms with E-state index in [0.29, 0.717) is 0 Å². The number of aliphatic hydroxyl groups excluding tert-OH is 3. The second kappa shape index (κ2) is 12.3. The van der Waals surface area contributed by atoms with E-state index in [4.69, 9.17) is 32.5 Å². The predicted molar refractivity (Wildman–Crippen MR) is 104 cm³/mol. The van der Waals surface area contributed by atoms with Gasteiger partial charge in [0.05, 0.1) is 19.8 Å².